The first-order valence-electron chi connectivity index (χ1n) is 6.20. The van der Waals surface area contributed by atoms with E-state index in [1.54, 1.807) is 16.0 Å². The molecular formula is C12H14N6OS. The van der Waals surface area contributed by atoms with Crippen LogP contribution in [-0.2, 0) is 6.54 Å². The molecule has 0 aromatic carbocycles. The van der Waals surface area contributed by atoms with E-state index >= 15 is 0 Å². The van der Waals surface area contributed by atoms with Gasteiger partial charge in [0.05, 0.1) is 10.6 Å². The Balaban J connectivity index is 1.85. The van der Waals surface area contributed by atoms with Gasteiger partial charge in [-0.1, -0.05) is 30.3 Å². The third-order valence-electron chi connectivity index (χ3n) is 2.84. The molecule has 20 heavy (non-hydrogen) atoms. The van der Waals surface area contributed by atoms with Gasteiger partial charge in [0.1, 0.15) is 6.54 Å². The molecule has 104 valence electrons. The van der Waals surface area contributed by atoms with Crippen molar-refractivity contribution in [3.8, 4) is 10.8 Å². The van der Waals surface area contributed by atoms with Gasteiger partial charge in [-0.05, 0) is 17.4 Å². The molecule has 0 saturated carbocycles. The van der Waals surface area contributed by atoms with Gasteiger partial charge in [0.2, 0.25) is 0 Å². The first-order chi connectivity index (χ1) is 9.65. The number of aromatic nitrogens is 5. The molecule has 7 nitrogen and oxygen atoms in total. The number of nitrogen functional groups attached to an aromatic ring is 1. The predicted octanol–water partition coefficient (Wildman–Crippen LogP) is 2.14. The van der Waals surface area contributed by atoms with E-state index in [-0.39, 0.29) is 5.92 Å². The lowest BCUT2D eigenvalue weighted by molar-refractivity contribution is 0.418. The average molecular weight is 290 g/mol. The summed E-state index contributed by atoms with van der Waals surface area (Å²) in [5, 5.41) is 13.9. The van der Waals surface area contributed by atoms with E-state index in [1.165, 1.54) is 0 Å². The van der Waals surface area contributed by atoms with E-state index in [2.05, 4.69) is 20.5 Å². The zero-order chi connectivity index (χ0) is 14.1. The highest BCUT2D eigenvalue weighted by Gasteiger charge is 2.16. The Kier molecular flexibility index (Phi) is 3.23. The monoisotopic (exact) mass is 290 g/mol. The molecule has 0 spiro atoms. The van der Waals surface area contributed by atoms with Gasteiger partial charge >= 0.3 is 0 Å². The molecule has 0 fully saturated rings. The van der Waals surface area contributed by atoms with Gasteiger partial charge in [-0.15, -0.1) is 16.4 Å². The van der Waals surface area contributed by atoms with E-state index in [0.29, 0.717) is 24.1 Å². The normalized spacial score (nSPS) is 11.3. The molecule has 0 amide bonds. The molecule has 0 unspecified atom stereocenters. The Morgan fingerprint density at radius 3 is 3.00 bits per heavy atom. The summed E-state index contributed by atoms with van der Waals surface area (Å²) in [5.74, 6) is 1.75. The van der Waals surface area contributed by atoms with Gasteiger partial charge in [0.25, 0.3) is 5.89 Å². The van der Waals surface area contributed by atoms with Crippen LogP contribution in [0.1, 0.15) is 31.3 Å². The Morgan fingerprint density at radius 1 is 1.45 bits per heavy atom. The Labute approximate surface area is 119 Å². The van der Waals surface area contributed by atoms with Crippen LogP contribution in [0.5, 0.6) is 0 Å². The quantitative estimate of drug-likeness (QED) is 0.791. The molecule has 0 atom stereocenters. The Morgan fingerprint density at radius 2 is 2.30 bits per heavy atom. The number of rotatable bonds is 4. The molecule has 0 bridgehead atoms. The fourth-order valence-electron chi connectivity index (χ4n) is 2.00. The standard InChI is InChI=1S/C12H14N6OS/c1-7(2)10-11(13)15-17-18(10)6-9-14-12(19-16-9)8-4-3-5-20-8/h3-5,7H,6,13H2,1-2H3. The molecule has 0 aliphatic carbocycles. The van der Waals surface area contributed by atoms with Gasteiger partial charge in [-0.3, -0.25) is 0 Å². The number of hydrogen-bond donors (Lipinski definition) is 1. The third-order valence-corrected chi connectivity index (χ3v) is 3.70. The SMILES string of the molecule is CC(C)c1c(N)nnn1Cc1noc(-c2cccs2)n1. The van der Waals surface area contributed by atoms with Crippen molar-refractivity contribution in [2.24, 2.45) is 0 Å². The summed E-state index contributed by atoms with van der Waals surface area (Å²) >= 11 is 1.56. The molecular weight excluding hydrogens is 276 g/mol. The number of anilines is 1. The maximum absolute atomic E-state index is 5.82. The van der Waals surface area contributed by atoms with Gasteiger partial charge in [0, 0.05) is 0 Å². The minimum absolute atomic E-state index is 0.230. The van der Waals surface area contributed by atoms with Crippen molar-refractivity contribution in [3.63, 3.8) is 0 Å². The van der Waals surface area contributed by atoms with Crippen molar-refractivity contribution >= 4 is 17.2 Å². The van der Waals surface area contributed by atoms with E-state index in [0.717, 1.165) is 10.6 Å². The van der Waals surface area contributed by atoms with Crippen LogP contribution in [0.3, 0.4) is 0 Å². The van der Waals surface area contributed by atoms with Crippen LogP contribution < -0.4 is 5.73 Å². The highest BCUT2D eigenvalue weighted by atomic mass is 32.1. The molecule has 0 aliphatic heterocycles. The average Bonchev–Trinajstić information content (AvgIpc) is 3.10. The third kappa shape index (κ3) is 2.29. The van der Waals surface area contributed by atoms with Crippen molar-refractivity contribution in [2.45, 2.75) is 26.3 Å². The summed E-state index contributed by atoms with van der Waals surface area (Å²) in [4.78, 5) is 5.31. The topological polar surface area (TPSA) is 95.7 Å². The summed E-state index contributed by atoms with van der Waals surface area (Å²) in [6.45, 7) is 4.48. The van der Waals surface area contributed by atoms with Gasteiger partial charge < -0.3 is 10.3 Å². The summed E-state index contributed by atoms with van der Waals surface area (Å²) in [6, 6.07) is 3.88. The minimum Gasteiger partial charge on any atom is -0.381 e. The zero-order valence-corrected chi connectivity index (χ0v) is 12.0. The van der Waals surface area contributed by atoms with Crippen molar-refractivity contribution in [1.82, 2.24) is 25.1 Å². The van der Waals surface area contributed by atoms with E-state index in [1.807, 2.05) is 31.4 Å². The molecule has 2 N–H and O–H groups in total. The number of nitrogens with two attached hydrogens (primary N) is 1. The summed E-state index contributed by atoms with van der Waals surface area (Å²) in [5.41, 5.74) is 6.70. The molecule has 0 saturated heterocycles. The van der Waals surface area contributed by atoms with Crippen LogP contribution in [0.2, 0.25) is 0 Å². The summed E-state index contributed by atoms with van der Waals surface area (Å²) < 4.78 is 6.96. The van der Waals surface area contributed by atoms with Crippen LogP contribution in [0, 0.1) is 0 Å². The number of nitrogens with zero attached hydrogens (tertiary/aromatic N) is 5. The lowest BCUT2D eigenvalue weighted by Gasteiger charge is -2.07. The zero-order valence-electron chi connectivity index (χ0n) is 11.1. The van der Waals surface area contributed by atoms with Gasteiger partial charge in [-0.2, -0.15) is 4.98 Å². The van der Waals surface area contributed by atoms with Gasteiger partial charge in [0.15, 0.2) is 11.6 Å². The van der Waals surface area contributed by atoms with Crippen molar-refractivity contribution in [2.75, 3.05) is 5.73 Å². The Hall–Kier alpha value is -2.22. The van der Waals surface area contributed by atoms with Crippen LogP contribution in [0.25, 0.3) is 10.8 Å². The lowest BCUT2D eigenvalue weighted by Crippen LogP contribution is -2.09. The lowest BCUT2D eigenvalue weighted by atomic mass is 10.1. The van der Waals surface area contributed by atoms with E-state index < -0.39 is 0 Å². The molecule has 3 aromatic rings. The number of hydrogen-bond acceptors (Lipinski definition) is 7. The predicted molar refractivity (Wildman–Crippen MR) is 75.2 cm³/mol. The second-order valence-electron chi connectivity index (χ2n) is 4.67. The van der Waals surface area contributed by atoms with Crippen LogP contribution in [0.4, 0.5) is 5.82 Å². The van der Waals surface area contributed by atoms with Crippen LogP contribution in [0.15, 0.2) is 22.0 Å². The first-order valence-corrected chi connectivity index (χ1v) is 7.08. The largest absolute Gasteiger partial charge is 0.381 e. The second-order valence-corrected chi connectivity index (χ2v) is 5.61. The summed E-state index contributed by atoms with van der Waals surface area (Å²) in [7, 11) is 0. The minimum atomic E-state index is 0.230. The second kappa shape index (κ2) is 5.04. The highest BCUT2D eigenvalue weighted by molar-refractivity contribution is 7.13. The molecule has 0 aliphatic rings. The molecule has 0 radical (unpaired) electrons. The van der Waals surface area contributed by atoms with Gasteiger partial charge in [-0.25, -0.2) is 4.68 Å². The maximum atomic E-state index is 5.82. The fraction of sp³-hybridized carbons (Fsp3) is 0.333. The smallest absolute Gasteiger partial charge is 0.268 e. The molecule has 8 heteroatoms. The molecule has 3 aromatic heterocycles. The highest BCUT2D eigenvalue weighted by Crippen LogP contribution is 2.23. The van der Waals surface area contributed by atoms with Crippen molar-refractivity contribution in [1.29, 1.82) is 0 Å². The molecule has 3 rings (SSSR count). The fourth-order valence-corrected chi connectivity index (χ4v) is 2.64. The first kappa shape index (κ1) is 12.8. The maximum Gasteiger partial charge on any atom is 0.268 e. The van der Waals surface area contributed by atoms with E-state index in [4.69, 9.17) is 10.3 Å². The van der Waals surface area contributed by atoms with Crippen molar-refractivity contribution < 1.29 is 4.52 Å². The summed E-state index contributed by atoms with van der Waals surface area (Å²) in [6.07, 6.45) is 0. The Bertz CT molecular complexity index is 699. The van der Waals surface area contributed by atoms with Crippen LogP contribution in [-0.4, -0.2) is 25.1 Å². The number of thiophene rings is 1. The molecule has 3 heterocycles. The van der Waals surface area contributed by atoms with Crippen LogP contribution >= 0.6 is 11.3 Å². The van der Waals surface area contributed by atoms with E-state index in [9.17, 15) is 0 Å². The van der Waals surface area contributed by atoms with Crippen molar-refractivity contribution in [3.05, 3.63) is 29.0 Å².